The third-order valence-electron chi connectivity index (χ3n) is 11.4. The maximum atomic E-state index is 11.1. The molecule has 6 rings (SSSR count). The fraction of sp³-hybridized carbons (Fsp3) is 0.926. The molecule has 30 heavy (non-hydrogen) atoms. The first-order chi connectivity index (χ1) is 14.4. The Hall–Kier alpha value is -0.380. The Kier molecular flexibility index (Phi) is 4.76. The van der Waals surface area contributed by atoms with Crippen molar-refractivity contribution in [1.29, 1.82) is 0 Å². The predicted molar refractivity (Wildman–Crippen MR) is 120 cm³/mol. The summed E-state index contributed by atoms with van der Waals surface area (Å²) in [6, 6.07) is 0.837. The van der Waals surface area contributed by atoms with Crippen molar-refractivity contribution in [3.63, 3.8) is 0 Å². The first kappa shape index (κ1) is 20.2. The van der Waals surface area contributed by atoms with Crippen LogP contribution in [0.1, 0.15) is 78.6 Å². The minimum atomic E-state index is -0.238. The lowest BCUT2D eigenvalue weighted by Gasteiger charge is -2.55. The smallest absolute Gasteiger partial charge is 0.0612 e. The Morgan fingerprint density at radius 2 is 1.77 bits per heavy atom. The van der Waals surface area contributed by atoms with Crippen molar-refractivity contribution in [2.24, 2.45) is 46.8 Å². The van der Waals surface area contributed by atoms with E-state index in [1.165, 1.54) is 45.2 Å². The van der Waals surface area contributed by atoms with E-state index in [0.29, 0.717) is 11.8 Å². The average Bonchev–Trinajstić information content (AvgIpc) is 3.09. The molecule has 4 aliphatic carbocycles. The van der Waals surface area contributed by atoms with Crippen molar-refractivity contribution in [3.8, 4) is 0 Å². The van der Waals surface area contributed by atoms with Crippen LogP contribution in [0.4, 0.5) is 0 Å². The molecule has 2 aliphatic heterocycles. The molecule has 0 radical (unpaired) electrons. The van der Waals surface area contributed by atoms with Crippen LogP contribution >= 0.6 is 0 Å². The Morgan fingerprint density at radius 3 is 2.60 bits per heavy atom. The summed E-state index contributed by atoms with van der Waals surface area (Å²) < 4.78 is 0. The van der Waals surface area contributed by atoms with Gasteiger partial charge >= 0.3 is 0 Å². The Morgan fingerprint density at radius 1 is 0.933 bits per heavy atom. The van der Waals surface area contributed by atoms with Crippen LogP contribution in [0.25, 0.3) is 0 Å². The van der Waals surface area contributed by atoms with Crippen LogP contribution in [-0.2, 0) is 0 Å². The molecule has 5 fully saturated rings. The van der Waals surface area contributed by atoms with Gasteiger partial charge in [0.1, 0.15) is 0 Å². The summed E-state index contributed by atoms with van der Waals surface area (Å²) in [6.45, 7) is 10.1. The predicted octanol–water partition coefficient (Wildman–Crippen LogP) is 4.63. The highest BCUT2D eigenvalue weighted by Crippen LogP contribution is 2.64. The van der Waals surface area contributed by atoms with Crippen LogP contribution in [0.15, 0.2) is 11.1 Å². The van der Waals surface area contributed by atoms with Crippen LogP contribution in [0.5, 0.6) is 0 Å². The lowest BCUT2D eigenvalue weighted by Crippen LogP contribution is -2.58. The number of fused-ring (bicyclic) bond motifs is 7. The summed E-state index contributed by atoms with van der Waals surface area (Å²) >= 11 is 0. The highest BCUT2D eigenvalue weighted by molar-refractivity contribution is 5.34. The Bertz CT molecular complexity index is 730. The Balaban J connectivity index is 1.31. The molecule has 2 N–H and O–H groups in total. The van der Waals surface area contributed by atoms with E-state index in [-0.39, 0.29) is 17.6 Å². The van der Waals surface area contributed by atoms with Gasteiger partial charge in [0, 0.05) is 19.1 Å². The van der Waals surface area contributed by atoms with E-state index in [4.69, 9.17) is 0 Å². The molecule has 3 saturated carbocycles. The second-order valence-electron chi connectivity index (χ2n) is 12.7. The monoisotopic (exact) mass is 413 g/mol. The molecule has 0 aromatic heterocycles. The topological polar surface area (TPSA) is 43.7 Å². The highest BCUT2D eigenvalue weighted by atomic mass is 16.3. The number of nitrogens with zero attached hydrogens (tertiary/aromatic N) is 1. The summed E-state index contributed by atoms with van der Waals surface area (Å²) in [4.78, 5) is 2.89. The molecule has 11 atom stereocenters. The number of aliphatic hydroxyl groups excluding tert-OH is 2. The highest BCUT2D eigenvalue weighted by Gasteiger charge is 2.58. The summed E-state index contributed by atoms with van der Waals surface area (Å²) in [6.07, 6.45) is 10.2. The van der Waals surface area contributed by atoms with E-state index >= 15 is 0 Å². The zero-order valence-electron chi connectivity index (χ0n) is 19.4. The molecule has 0 spiro atoms. The molecular formula is C27H43NO2. The van der Waals surface area contributed by atoms with Gasteiger partial charge in [-0.15, -0.1) is 0 Å². The number of allylic oxidation sites excluding steroid dienone is 1. The van der Waals surface area contributed by atoms with Crippen molar-refractivity contribution in [1.82, 2.24) is 4.90 Å². The first-order valence-electron chi connectivity index (χ1n) is 13.2. The second kappa shape index (κ2) is 7.06. The SMILES string of the molecule is CC1CCC2C(C)C3CCC4=C5CC(O)C6CC(O)CCC6(C)C5CC4C3CN2C1. The first-order valence-corrected chi connectivity index (χ1v) is 13.2. The molecule has 168 valence electrons. The molecule has 0 aromatic carbocycles. The minimum Gasteiger partial charge on any atom is -0.393 e. The standard InChI is InChI=1S/C27H43NO2/c1-15-4-7-25-16(2)18-5-6-19-20(22(18)14-28(25)13-15)11-23-21(19)12-26(30)24-10-17(29)8-9-27(23,24)3/h15-18,20,22-26,29-30H,4-14H2,1-3H3. The maximum Gasteiger partial charge on any atom is 0.0612 e. The van der Waals surface area contributed by atoms with Crippen molar-refractivity contribution in [2.75, 3.05) is 13.1 Å². The van der Waals surface area contributed by atoms with Gasteiger partial charge < -0.3 is 10.2 Å². The van der Waals surface area contributed by atoms with Gasteiger partial charge in [-0.25, -0.2) is 0 Å². The zero-order chi connectivity index (χ0) is 20.8. The fourth-order valence-electron chi connectivity index (χ4n) is 9.84. The molecule has 3 heteroatoms. The third kappa shape index (κ3) is 2.80. The lowest BCUT2D eigenvalue weighted by molar-refractivity contribution is -0.0920. The van der Waals surface area contributed by atoms with Gasteiger partial charge in [0.2, 0.25) is 0 Å². The molecule has 0 amide bonds. The van der Waals surface area contributed by atoms with E-state index in [1.54, 1.807) is 11.1 Å². The molecule has 2 heterocycles. The lowest BCUT2D eigenvalue weighted by atomic mass is 9.53. The van der Waals surface area contributed by atoms with E-state index in [0.717, 1.165) is 61.3 Å². The van der Waals surface area contributed by atoms with Crippen LogP contribution in [0.2, 0.25) is 0 Å². The van der Waals surface area contributed by atoms with Gasteiger partial charge in [-0.3, -0.25) is 4.90 Å². The maximum absolute atomic E-state index is 11.1. The normalized spacial score (nSPS) is 55.9. The molecule has 0 bridgehead atoms. The van der Waals surface area contributed by atoms with Gasteiger partial charge in [0.15, 0.2) is 0 Å². The molecule has 6 aliphatic rings. The van der Waals surface area contributed by atoms with Gasteiger partial charge in [0.25, 0.3) is 0 Å². The number of aliphatic hydroxyl groups is 2. The van der Waals surface area contributed by atoms with Crippen molar-refractivity contribution < 1.29 is 10.2 Å². The molecule has 0 aromatic rings. The van der Waals surface area contributed by atoms with Crippen molar-refractivity contribution in [3.05, 3.63) is 11.1 Å². The van der Waals surface area contributed by atoms with Gasteiger partial charge in [-0.05, 0) is 105 Å². The number of hydrogen-bond donors (Lipinski definition) is 2. The number of hydrogen-bond acceptors (Lipinski definition) is 3. The van der Waals surface area contributed by atoms with Crippen molar-refractivity contribution >= 4 is 0 Å². The largest absolute Gasteiger partial charge is 0.393 e. The summed E-state index contributed by atoms with van der Waals surface area (Å²) in [7, 11) is 0. The molecule has 2 saturated heterocycles. The third-order valence-corrected chi connectivity index (χ3v) is 11.4. The quantitative estimate of drug-likeness (QED) is 0.569. The number of rotatable bonds is 0. The van der Waals surface area contributed by atoms with Gasteiger partial charge in [-0.2, -0.15) is 0 Å². The molecule has 3 nitrogen and oxygen atoms in total. The summed E-state index contributed by atoms with van der Waals surface area (Å²) in [5.41, 5.74) is 3.68. The van der Waals surface area contributed by atoms with Crippen molar-refractivity contribution in [2.45, 2.75) is 96.8 Å². The molecular weight excluding hydrogens is 370 g/mol. The van der Waals surface area contributed by atoms with Crippen LogP contribution in [0, 0.1) is 46.8 Å². The minimum absolute atomic E-state index is 0.197. The average molecular weight is 414 g/mol. The van der Waals surface area contributed by atoms with E-state index in [1.807, 2.05) is 0 Å². The number of piperidine rings is 2. The van der Waals surface area contributed by atoms with E-state index in [2.05, 4.69) is 25.7 Å². The zero-order valence-corrected chi connectivity index (χ0v) is 19.4. The van der Waals surface area contributed by atoms with Crippen LogP contribution < -0.4 is 0 Å². The fourth-order valence-corrected chi connectivity index (χ4v) is 9.84. The van der Waals surface area contributed by atoms with Gasteiger partial charge in [-0.1, -0.05) is 31.9 Å². The molecule has 11 unspecified atom stereocenters. The second-order valence-corrected chi connectivity index (χ2v) is 12.7. The van der Waals surface area contributed by atoms with E-state index < -0.39 is 0 Å². The van der Waals surface area contributed by atoms with Crippen LogP contribution in [0.3, 0.4) is 0 Å². The van der Waals surface area contributed by atoms with Gasteiger partial charge in [0.05, 0.1) is 12.2 Å². The summed E-state index contributed by atoms with van der Waals surface area (Å²) in [5.74, 6) is 5.21. The van der Waals surface area contributed by atoms with E-state index in [9.17, 15) is 10.2 Å². The Labute approximate surface area is 183 Å². The van der Waals surface area contributed by atoms with Crippen LogP contribution in [-0.4, -0.2) is 46.5 Å². The summed E-state index contributed by atoms with van der Waals surface area (Å²) in [5, 5.41) is 21.4.